The molecule has 0 radical (unpaired) electrons. The van der Waals surface area contributed by atoms with E-state index in [1.807, 2.05) is 31.2 Å². The highest BCUT2D eigenvalue weighted by Crippen LogP contribution is 2.22. The summed E-state index contributed by atoms with van der Waals surface area (Å²) in [5.74, 6) is -0.364. The fraction of sp³-hybridized carbons (Fsp3) is 0.467. The van der Waals surface area contributed by atoms with Crippen LogP contribution in [-0.2, 0) is 9.59 Å². The quantitative estimate of drug-likeness (QED) is 0.854. The summed E-state index contributed by atoms with van der Waals surface area (Å²) in [5, 5.41) is 3.09. The van der Waals surface area contributed by atoms with Gasteiger partial charge in [-0.1, -0.05) is 35.0 Å². The first-order valence-corrected chi connectivity index (χ1v) is 7.83. The van der Waals surface area contributed by atoms with Crippen molar-refractivity contribution in [2.45, 2.75) is 25.3 Å². The molecule has 1 fully saturated rings. The van der Waals surface area contributed by atoms with E-state index >= 15 is 0 Å². The van der Waals surface area contributed by atoms with E-state index in [1.165, 1.54) is 0 Å². The van der Waals surface area contributed by atoms with Gasteiger partial charge in [-0.25, -0.2) is 0 Å². The van der Waals surface area contributed by atoms with Crippen molar-refractivity contribution < 1.29 is 9.59 Å². The molecule has 3 N–H and O–H groups in total. The Morgan fingerprint density at radius 2 is 2.10 bits per heavy atom. The highest BCUT2D eigenvalue weighted by atomic mass is 79.9. The lowest BCUT2D eigenvalue weighted by Crippen LogP contribution is -2.58. The lowest BCUT2D eigenvalue weighted by atomic mass is 9.96. The number of halogens is 1. The molecule has 2 atom stereocenters. The molecular formula is C15H20BrN3O2. The number of amides is 2. The van der Waals surface area contributed by atoms with Crippen molar-refractivity contribution in [1.82, 2.24) is 10.2 Å². The van der Waals surface area contributed by atoms with E-state index in [4.69, 9.17) is 5.73 Å². The van der Waals surface area contributed by atoms with Gasteiger partial charge in [0.25, 0.3) is 0 Å². The first-order chi connectivity index (χ1) is 9.99. The fourth-order valence-corrected chi connectivity index (χ4v) is 2.81. The van der Waals surface area contributed by atoms with Crippen molar-refractivity contribution in [3.8, 4) is 0 Å². The van der Waals surface area contributed by atoms with Crippen molar-refractivity contribution in [2.75, 3.05) is 19.6 Å². The molecule has 114 valence electrons. The Morgan fingerprint density at radius 3 is 2.71 bits per heavy atom. The van der Waals surface area contributed by atoms with Gasteiger partial charge in [0.1, 0.15) is 6.04 Å². The van der Waals surface area contributed by atoms with Crippen LogP contribution in [0.3, 0.4) is 0 Å². The van der Waals surface area contributed by atoms with E-state index in [-0.39, 0.29) is 11.8 Å². The lowest BCUT2D eigenvalue weighted by molar-refractivity contribution is -0.140. The average Bonchev–Trinajstić information content (AvgIpc) is 2.47. The second-order valence-electron chi connectivity index (χ2n) is 5.37. The molecule has 2 unspecified atom stereocenters. The van der Waals surface area contributed by atoms with E-state index in [0.29, 0.717) is 26.1 Å². The Hall–Kier alpha value is -1.40. The number of primary amides is 1. The minimum atomic E-state index is -0.539. The molecule has 0 aliphatic carbocycles. The van der Waals surface area contributed by atoms with Crippen molar-refractivity contribution >= 4 is 27.7 Å². The van der Waals surface area contributed by atoms with Crippen LogP contribution in [0.4, 0.5) is 0 Å². The van der Waals surface area contributed by atoms with Crippen LogP contribution in [0.1, 0.15) is 24.8 Å². The van der Waals surface area contributed by atoms with Gasteiger partial charge in [0.2, 0.25) is 11.8 Å². The van der Waals surface area contributed by atoms with Gasteiger partial charge in [0, 0.05) is 30.5 Å². The Kier molecular flexibility index (Phi) is 5.36. The first-order valence-electron chi connectivity index (χ1n) is 7.04. The molecule has 0 spiro atoms. The van der Waals surface area contributed by atoms with Gasteiger partial charge >= 0.3 is 0 Å². The molecular weight excluding hydrogens is 334 g/mol. The number of hydrogen-bond acceptors (Lipinski definition) is 3. The normalized spacial score (nSPS) is 20.1. The zero-order valence-corrected chi connectivity index (χ0v) is 13.6. The van der Waals surface area contributed by atoms with Crippen LogP contribution >= 0.6 is 15.9 Å². The van der Waals surface area contributed by atoms with E-state index in [9.17, 15) is 9.59 Å². The number of rotatable bonds is 4. The minimum absolute atomic E-state index is 0.0179. The maximum atomic E-state index is 12.4. The van der Waals surface area contributed by atoms with Gasteiger partial charge in [0.05, 0.1) is 0 Å². The third-order valence-electron chi connectivity index (χ3n) is 3.81. The van der Waals surface area contributed by atoms with Gasteiger partial charge < -0.3 is 16.0 Å². The molecule has 0 saturated carbocycles. The molecule has 1 aromatic carbocycles. The van der Waals surface area contributed by atoms with Crippen LogP contribution in [0.5, 0.6) is 0 Å². The zero-order chi connectivity index (χ0) is 15.4. The standard InChI is InChI=1S/C15H20BrN3O2/c1-10(11-2-4-12(16)5-3-11)8-14(20)19-7-6-18-9-13(19)15(17)21/h2-5,10,13,18H,6-9H2,1H3,(H2,17,21). The zero-order valence-electron chi connectivity index (χ0n) is 12.0. The smallest absolute Gasteiger partial charge is 0.241 e. The summed E-state index contributed by atoms with van der Waals surface area (Å²) in [6.45, 7) is 3.68. The Balaban J connectivity index is 2.02. The number of nitrogens with one attached hydrogen (secondary N) is 1. The van der Waals surface area contributed by atoms with Crippen LogP contribution in [0, 0.1) is 0 Å². The molecule has 6 heteroatoms. The van der Waals surface area contributed by atoms with Crippen molar-refractivity contribution in [2.24, 2.45) is 5.73 Å². The molecule has 1 aromatic rings. The van der Waals surface area contributed by atoms with Crippen LogP contribution in [-0.4, -0.2) is 42.4 Å². The number of benzene rings is 1. The maximum absolute atomic E-state index is 12.4. The minimum Gasteiger partial charge on any atom is -0.368 e. The van der Waals surface area contributed by atoms with Gasteiger partial charge in [-0.05, 0) is 23.6 Å². The summed E-state index contributed by atoms with van der Waals surface area (Å²) >= 11 is 3.40. The summed E-state index contributed by atoms with van der Waals surface area (Å²) in [4.78, 5) is 25.5. The molecule has 1 heterocycles. The van der Waals surface area contributed by atoms with E-state index in [0.717, 1.165) is 10.0 Å². The number of piperazine rings is 1. The Labute approximate surface area is 133 Å². The highest BCUT2D eigenvalue weighted by molar-refractivity contribution is 9.10. The van der Waals surface area contributed by atoms with Gasteiger partial charge in [-0.15, -0.1) is 0 Å². The number of carbonyl (C=O) groups excluding carboxylic acids is 2. The summed E-state index contributed by atoms with van der Waals surface area (Å²) in [5.41, 5.74) is 6.48. The Bertz CT molecular complexity index is 518. The topological polar surface area (TPSA) is 75.4 Å². The molecule has 2 amide bonds. The Morgan fingerprint density at radius 1 is 1.43 bits per heavy atom. The summed E-state index contributed by atoms with van der Waals surface area (Å²) < 4.78 is 1.01. The van der Waals surface area contributed by atoms with Crippen molar-refractivity contribution in [1.29, 1.82) is 0 Å². The molecule has 2 rings (SSSR count). The maximum Gasteiger partial charge on any atom is 0.241 e. The van der Waals surface area contributed by atoms with E-state index in [1.54, 1.807) is 4.90 Å². The van der Waals surface area contributed by atoms with Crippen LogP contribution in [0.25, 0.3) is 0 Å². The van der Waals surface area contributed by atoms with Crippen molar-refractivity contribution in [3.63, 3.8) is 0 Å². The molecule has 21 heavy (non-hydrogen) atoms. The molecule has 5 nitrogen and oxygen atoms in total. The second kappa shape index (κ2) is 7.04. The molecule has 1 aliphatic rings. The highest BCUT2D eigenvalue weighted by Gasteiger charge is 2.31. The number of nitrogens with two attached hydrogens (primary N) is 1. The molecule has 1 saturated heterocycles. The van der Waals surface area contributed by atoms with Gasteiger partial charge in [-0.3, -0.25) is 9.59 Å². The largest absolute Gasteiger partial charge is 0.368 e. The van der Waals surface area contributed by atoms with E-state index < -0.39 is 11.9 Å². The molecule has 0 aromatic heterocycles. The molecule has 0 bridgehead atoms. The predicted octanol–water partition coefficient (Wildman–Crippen LogP) is 1.23. The average molecular weight is 354 g/mol. The van der Waals surface area contributed by atoms with Gasteiger partial charge in [0.15, 0.2) is 0 Å². The first kappa shape index (κ1) is 16.0. The SMILES string of the molecule is CC(CC(=O)N1CCNCC1C(N)=O)c1ccc(Br)cc1. The predicted molar refractivity (Wildman–Crippen MR) is 84.7 cm³/mol. The fourth-order valence-electron chi connectivity index (χ4n) is 2.55. The third kappa shape index (κ3) is 4.04. The number of hydrogen-bond donors (Lipinski definition) is 2. The summed E-state index contributed by atoms with van der Waals surface area (Å²) in [7, 11) is 0. The number of carbonyl (C=O) groups is 2. The van der Waals surface area contributed by atoms with Crippen LogP contribution < -0.4 is 11.1 Å². The summed E-state index contributed by atoms with van der Waals surface area (Å²) in [6, 6.07) is 7.40. The van der Waals surface area contributed by atoms with Crippen LogP contribution in [0.2, 0.25) is 0 Å². The second-order valence-corrected chi connectivity index (χ2v) is 6.28. The van der Waals surface area contributed by atoms with Gasteiger partial charge in [-0.2, -0.15) is 0 Å². The van der Waals surface area contributed by atoms with Crippen molar-refractivity contribution in [3.05, 3.63) is 34.3 Å². The summed E-state index contributed by atoms with van der Waals surface area (Å²) in [6.07, 6.45) is 0.380. The number of nitrogens with zero attached hydrogens (tertiary/aromatic N) is 1. The molecule has 1 aliphatic heterocycles. The van der Waals surface area contributed by atoms with Crippen LogP contribution in [0.15, 0.2) is 28.7 Å². The van der Waals surface area contributed by atoms with E-state index in [2.05, 4.69) is 21.2 Å². The monoisotopic (exact) mass is 353 g/mol. The third-order valence-corrected chi connectivity index (χ3v) is 4.34. The lowest BCUT2D eigenvalue weighted by Gasteiger charge is -2.34.